The third kappa shape index (κ3) is 4.94. The van der Waals surface area contributed by atoms with Crippen LogP contribution in [0.2, 0.25) is 0 Å². The number of para-hydroxylation sites is 3. The van der Waals surface area contributed by atoms with Crippen molar-refractivity contribution in [3.05, 3.63) is 182 Å². The fraction of sp³-hybridized carbons (Fsp3) is 0. The summed E-state index contributed by atoms with van der Waals surface area (Å²) in [5, 5.41) is 6.36. The van der Waals surface area contributed by atoms with Crippen LogP contribution >= 0.6 is 0 Å². The number of furan rings is 2. The van der Waals surface area contributed by atoms with E-state index in [1.807, 2.05) is 48.5 Å². The summed E-state index contributed by atoms with van der Waals surface area (Å²) in [7, 11) is 0. The highest BCUT2D eigenvalue weighted by Gasteiger charge is 2.23. The highest BCUT2D eigenvalue weighted by atomic mass is 16.3. The van der Waals surface area contributed by atoms with Crippen LogP contribution in [0.15, 0.2) is 191 Å². The lowest BCUT2D eigenvalue weighted by Crippen LogP contribution is -2.00. The fourth-order valence-electron chi connectivity index (χ4n) is 8.45. The van der Waals surface area contributed by atoms with Crippen LogP contribution in [0.4, 0.5) is 0 Å². The summed E-state index contributed by atoms with van der Waals surface area (Å²) < 4.78 is 15.2. The highest BCUT2D eigenvalue weighted by molar-refractivity contribution is 6.26. The zero-order valence-electron chi connectivity index (χ0n) is 30.4. The Bertz CT molecular complexity index is 3510. The molecule has 266 valence electrons. The average Bonchev–Trinajstić information content (AvgIpc) is 3.96. The third-order valence-corrected chi connectivity index (χ3v) is 11.1. The van der Waals surface area contributed by atoms with E-state index >= 15 is 0 Å². The van der Waals surface area contributed by atoms with E-state index in [-0.39, 0.29) is 0 Å². The largest absolute Gasteiger partial charge is 0.456 e. The van der Waals surface area contributed by atoms with Crippen molar-refractivity contribution >= 4 is 65.7 Å². The zero-order chi connectivity index (χ0) is 37.5. The Hall–Kier alpha value is -7.83. The number of hydrogen-bond donors (Lipinski definition) is 0. The van der Waals surface area contributed by atoms with Gasteiger partial charge in [0, 0.05) is 49.3 Å². The molecule has 8 aromatic carbocycles. The van der Waals surface area contributed by atoms with Gasteiger partial charge in [-0.3, -0.25) is 0 Å². The van der Waals surface area contributed by atoms with Crippen molar-refractivity contribution in [1.82, 2.24) is 19.5 Å². The van der Waals surface area contributed by atoms with Crippen molar-refractivity contribution in [1.29, 1.82) is 0 Å². The molecule has 6 heteroatoms. The Morgan fingerprint density at radius 2 is 0.930 bits per heavy atom. The van der Waals surface area contributed by atoms with Gasteiger partial charge >= 0.3 is 0 Å². The lowest BCUT2D eigenvalue weighted by atomic mass is 10.0. The molecule has 0 N–H and O–H groups in total. The standard InChI is InChI=1S/C51H30N4O2/c1-3-12-31(13-4-1)32-22-24-33(25-23-32)49-52-50(34-26-28-43-40(30-34)37-17-8-10-20-42(37)56-43)54-51(53-49)39-18-11-21-44-46(39)47-45(57-44)29-27-38-36-16-7-9-19-41(36)55(48(38)47)35-14-5-2-6-15-35/h1-30H. The molecule has 0 amide bonds. The minimum Gasteiger partial charge on any atom is -0.456 e. The number of fused-ring (bicyclic) bond motifs is 10. The van der Waals surface area contributed by atoms with E-state index in [2.05, 4.69) is 138 Å². The van der Waals surface area contributed by atoms with E-state index in [1.165, 1.54) is 5.39 Å². The molecule has 0 aliphatic heterocycles. The number of nitrogens with zero attached hydrogens (tertiary/aromatic N) is 4. The Labute approximate surface area is 325 Å². The first-order valence-electron chi connectivity index (χ1n) is 19.0. The third-order valence-electron chi connectivity index (χ3n) is 11.1. The first-order valence-corrected chi connectivity index (χ1v) is 19.0. The quantitative estimate of drug-likeness (QED) is 0.176. The van der Waals surface area contributed by atoms with Crippen molar-refractivity contribution in [2.24, 2.45) is 0 Å². The van der Waals surface area contributed by atoms with Gasteiger partial charge in [0.25, 0.3) is 0 Å². The molecule has 0 aliphatic carbocycles. The molecule has 0 atom stereocenters. The first-order chi connectivity index (χ1) is 28.2. The number of benzene rings is 8. The van der Waals surface area contributed by atoms with Crippen LogP contribution in [-0.2, 0) is 0 Å². The van der Waals surface area contributed by atoms with Gasteiger partial charge in [-0.1, -0.05) is 121 Å². The summed E-state index contributed by atoms with van der Waals surface area (Å²) in [5.74, 6) is 1.72. The maximum atomic E-state index is 6.68. The lowest BCUT2D eigenvalue weighted by molar-refractivity contribution is 0.668. The Kier molecular flexibility index (Phi) is 6.83. The zero-order valence-corrected chi connectivity index (χ0v) is 30.4. The molecule has 0 unspecified atom stereocenters. The topological polar surface area (TPSA) is 69.9 Å². The molecule has 0 aliphatic rings. The van der Waals surface area contributed by atoms with Gasteiger partial charge in [0.15, 0.2) is 17.5 Å². The second-order valence-corrected chi connectivity index (χ2v) is 14.4. The monoisotopic (exact) mass is 730 g/mol. The van der Waals surface area contributed by atoms with Crippen molar-refractivity contribution in [3.8, 4) is 51.0 Å². The maximum absolute atomic E-state index is 6.68. The van der Waals surface area contributed by atoms with Crippen molar-refractivity contribution in [2.45, 2.75) is 0 Å². The molecule has 0 bridgehead atoms. The summed E-state index contributed by atoms with van der Waals surface area (Å²) in [4.78, 5) is 15.7. The van der Waals surface area contributed by atoms with Crippen molar-refractivity contribution < 1.29 is 8.83 Å². The molecule has 0 saturated heterocycles. The van der Waals surface area contributed by atoms with Gasteiger partial charge < -0.3 is 13.4 Å². The Morgan fingerprint density at radius 3 is 1.77 bits per heavy atom. The summed E-state index contributed by atoms with van der Waals surface area (Å²) in [6.07, 6.45) is 0. The molecular weight excluding hydrogens is 701 g/mol. The van der Waals surface area contributed by atoms with E-state index in [1.54, 1.807) is 0 Å². The second-order valence-electron chi connectivity index (χ2n) is 14.4. The van der Waals surface area contributed by atoms with Crippen LogP contribution < -0.4 is 0 Å². The van der Waals surface area contributed by atoms with E-state index in [0.29, 0.717) is 17.5 Å². The number of aromatic nitrogens is 4. The van der Waals surface area contributed by atoms with Crippen LogP contribution in [0.25, 0.3) is 117 Å². The van der Waals surface area contributed by atoms with Gasteiger partial charge in [-0.25, -0.2) is 15.0 Å². The molecule has 12 rings (SSSR count). The average molecular weight is 731 g/mol. The lowest BCUT2D eigenvalue weighted by Gasteiger charge is -2.11. The van der Waals surface area contributed by atoms with Gasteiger partial charge in [-0.05, 0) is 71.8 Å². The molecule has 6 nitrogen and oxygen atoms in total. The van der Waals surface area contributed by atoms with E-state index in [4.69, 9.17) is 23.8 Å². The highest BCUT2D eigenvalue weighted by Crippen LogP contribution is 2.44. The smallest absolute Gasteiger partial charge is 0.164 e. The van der Waals surface area contributed by atoms with Crippen molar-refractivity contribution in [3.63, 3.8) is 0 Å². The van der Waals surface area contributed by atoms with Gasteiger partial charge in [0.05, 0.1) is 16.4 Å². The summed E-state index contributed by atoms with van der Waals surface area (Å²) in [6.45, 7) is 0. The minimum absolute atomic E-state index is 0.562. The first kappa shape index (κ1) is 31.5. The maximum Gasteiger partial charge on any atom is 0.164 e. The van der Waals surface area contributed by atoms with Crippen LogP contribution in [-0.4, -0.2) is 19.5 Å². The predicted molar refractivity (Wildman–Crippen MR) is 230 cm³/mol. The van der Waals surface area contributed by atoms with Crippen LogP contribution in [0, 0.1) is 0 Å². The summed E-state index contributed by atoms with van der Waals surface area (Å²) in [5.41, 5.74) is 11.4. The molecule has 0 saturated carbocycles. The van der Waals surface area contributed by atoms with E-state index < -0.39 is 0 Å². The Morgan fingerprint density at radius 1 is 0.351 bits per heavy atom. The van der Waals surface area contributed by atoms with Gasteiger partial charge in [0.1, 0.15) is 22.3 Å². The number of rotatable bonds is 5. The molecule has 0 spiro atoms. The predicted octanol–water partition coefficient (Wildman–Crippen LogP) is 13.4. The fourth-order valence-corrected chi connectivity index (χ4v) is 8.45. The molecular formula is C51H30N4O2. The van der Waals surface area contributed by atoms with Gasteiger partial charge in [-0.15, -0.1) is 0 Å². The normalized spacial score (nSPS) is 11.9. The van der Waals surface area contributed by atoms with Crippen LogP contribution in [0.1, 0.15) is 0 Å². The minimum atomic E-state index is 0.562. The van der Waals surface area contributed by atoms with Crippen LogP contribution in [0.3, 0.4) is 0 Å². The van der Waals surface area contributed by atoms with Gasteiger partial charge in [-0.2, -0.15) is 0 Å². The SMILES string of the molecule is c1ccc(-c2ccc(-c3nc(-c4ccc5oc6ccccc6c5c4)nc(-c4cccc5oc6ccc7c8ccccc8n(-c8ccccc8)c7c6c45)n3)cc2)cc1. The summed E-state index contributed by atoms with van der Waals surface area (Å²) in [6, 6.07) is 62.6. The van der Waals surface area contributed by atoms with Gasteiger partial charge in [0.2, 0.25) is 0 Å². The molecule has 4 heterocycles. The molecule has 4 aromatic heterocycles. The molecule has 0 radical (unpaired) electrons. The van der Waals surface area contributed by atoms with E-state index in [9.17, 15) is 0 Å². The molecule has 12 aromatic rings. The Balaban J connectivity index is 1.13. The second kappa shape index (κ2) is 12.3. The summed E-state index contributed by atoms with van der Waals surface area (Å²) >= 11 is 0. The van der Waals surface area contributed by atoms with Crippen LogP contribution in [0.5, 0.6) is 0 Å². The molecule has 57 heavy (non-hydrogen) atoms. The number of hydrogen-bond acceptors (Lipinski definition) is 5. The van der Waals surface area contributed by atoms with Crippen molar-refractivity contribution in [2.75, 3.05) is 0 Å². The molecule has 0 fully saturated rings. The van der Waals surface area contributed by atoms with E-state index in [0.717, 1.165) is 93.8 Å².